The van der Waals surface area contributed by atoms with Crippen LogP contribution >= 0.6 is 0 Å². The van der Waals surface area contributed by atoms with Gasteiger partial charge in [0.25, 0.3) is 0 Å². The second-order valence-corrected chi connectivity index (χ2v) is 5.76. The molecule has 2 aliphatic rings. The van der Waals surface area contributed by atoms with Crippen molar-refractivity contribution in [2.75, 3.05) is 26.3 Å². The minimum absolute atomic E-state index is 0.0459. The molecule has 112 valence electrons. The fourth-order valence-corrected chi connectivity index (χ4v) is 2.48. The quantitative estimate of drug-likeness (QED) is 0.561. The van der Waals surface area contributed by atoms with Crippen LogP contribution in [-0.4, -0.2) is 49.1 Å². The zero-order valence-corrected chi connectivity index (χ0v) is 12.2. The lowest BCUT2D eigenvalue weighted by Gasteiger charge is -2.24. The number of ether oxygens (including phenoxy) is 1. The minimum Gasteiger partial charge on any atom is -0.375 e. The summed E-state index contributed by atoms with van der Waals surface area (Å²) in [5.74, 6) is 0.305. The fraction of sp³-hybridized carbons (Fsp3) is 0.733. The molecule has 0 spiro atoms. The molecule has 0 bridgehead atoms. The van der Waals surface area contributed by atoms with Crippen molar-refractivity contribution in [3.05, 3.63) is 12.2 Å². The van der Waals surface area contributed by atoms with Gasteiger partial charge in [-0.2, -0.15) is 0 Å². The molecule has 2 amide bonds. The number of nitrogens with one attached hydrogen (secondary N) is 1. The Bertz CT molecular complexity index is 391. The lowest BCUT2D eigenvalue weighted by atomic mass is 10.2. The standard InChI is InChI=1S/C15H24N2O3/c1-11(2)10-20-9-7-16-14(18)13-4-3-8-17(13)15(19)12-5-6-12/h12-13H,1,3-10H2,2H3,(H,16,18). The molecule has 5 heteroatoms. The molecule has 1 saturated heterocycles. The van der Waals surface area contributed by atoms with Gasteiger partial charge in [0.2, 0.25) is 11.8 Å². The van der Waals surface area contributed by atoms with E-state index in [1.54, 1.807) is 4.90 Å². The molecule has 2 rings (SSSR count). The molecule has 0 radical (unpaired) electrons. The molecule has 20 heavy (non-hydrogen) atoms. The van der Waals surface area contributed by atoms with Crippen LogP contribution in [0.3, 0.4) is 0 Å². The van der Waals surface area contributed by atoms with Gasteiger partial charge in [-0.3, -0.25) is 9.59 Å². The first-order valence-electron chi connectivity index (χ1n) is 7.40. The van der Waals surface area contributed by atoms with E-state index in [-0.39, 0.29) is 23.8 Å². The van der Waals surface area contributed by atoms with Crippen LogP contribution in [0, 0.1) is 5.92 Å². The van der Waals surface area contributed by atoms with Crippen LogP contribution in [0.25, 0.3) is 0 Å². The molecule has 1 N–H and O–H groups in total. The van der Waals surface area contributed by atoms with Crippen LogP contribution in [0.15, 0.2) is 12.2 Å². The molecule has 1 saturated carbocycles. The Kier molecular flexibility index (Phi) is 5.17. The van der Waals surface area contributed by atoms with Gasteiger partial charge < -0.3 is 15.0 Å². The van der Waals surface area contributed by atoms with Gasteiger partial charge in [0.15, 0.2) is 0 Å². The van der Waals surface area contributed by atoms with E-state index in [0.29, 0.717) is 19.8 Å². The van der Waals surface area contributed by atoms with Crippen LogP contribution in [-0.2, 0) is 14.3 Å². The van der Waals surface area contributed by atoms with Crippen LogP contribution in [0.1, 0.15) is 32.6 Å². The van der Waals surface area contributed by atoms with Gasteiger partial charge in [0.1, 0.15) is 6.04 Å². The maximum Gasteiger partial charge on any atom is 0.242 e. The van der Waals surface area contributed by atoms with Crippen molar-refractivity contribution >= 4 is 11.8 Å². The molecule has 1 heterocycles. The summed E-state index contributed by atoms with van der Waals surface area (Å²) in [5, 5.41) is 2.86. The van der Waals surface area contributed by atoms with Crippen molar-refractivity contribution in [3.63, 3.8) is 0 Å². The zero-order chi connectivity index (χ0) is 14.5. The number of amides is 2. The molecular formula is C15H24N2O3. The monoisotopic (exact) mass is 280 g/mol. The Balaban J connectivity index is 1.70. The van der Waals surface area contributed by atoms with Gasteiger partial charge >= 0.3 is 0 Å². The largest absolute Gasteiger partial charge is 0.375 e. The van der Waals surface area contributed by atoms with E-state index in [9.17, 15) is 9.59 Å². The van der Waals surface area contributed by atoms with E-state index in [1.165, 1.54) is 0 Å². The summed E-state index contributed by atoms with van der Waals surface area (Å²) in [6, 6.07) is -0.274. The highest BCUT2D eigenvalue weighted by Gasteiger charge is 2.40. The Morgan fingerprint density at radius 3 is 2.75 bits per heavy atom. The Labute approximate surface area is 120 Å². The smallest absolute Gasteiger partial charge is 0.242 e. The maximum absolute atomic E-state index is 12.1. The van der Waals surface area contributed by atoms with E-state index in [2.05, 4.69) is 11.9 Å². The number of likely N-dealkylation sites (tertiary alicyclic amines) is 1. The molecule has 0 aromatic carbocycles. The van der Waals surface area contributed by atoms with Crippen LogP contribution in [0.4, 0.5) is 0 Å². The van der Waals surface area contributed by atoms with E-state index in [0.717, 1.165) is 37.8 Å². The summed E-state index contributed by atoms with van der Waals surface area (Å²) in [6.07, 6.45) is 3.66. The molecule has 0 aromatic heterocycles. The number of carbonyl (C=O) groups excluding carboxylic acids is 2. The molecular weight excluding hydrogens is 256 g/mol. The highest BCUT2D eigenvalue weighted by molar-refractivity contribution is 5.89. The van der Waals surface area contributed by atoms with E-state index < -0.39 is 0 Å². The third-order valence-corrected chi connectivity index (χ3v) is 3.66. The highest BCUT2D eigenvalue weighted by Crippen LogP contribution is 2.33. The number of hydrogen-bond acceptors (Lipinski definition) is 3. The summed E-state index contributed by atoms with van der Waals surface area (Å²) in [7, 11) is 0. The van der Waals surface area contributed by atoms with Crippen LogP contribution < -0.4 is 5.32 Å². The SMILES string of the molecule is C=C(C)COCCNC(=O)C1CCCN1C(=O)C1CC1. The minimum atomic E-state index is -0.274. The first kappa shape index (κ1) is 15.0. The predicted octanol–water partition coefficient (Wildman–Crippen LogP) is 1.10. The molecule has 1 aliphatic heterocycles. The first-order chi connectivity index (χ1) is 9.59. The van der Waals surface area contributed by atoms with Crippen molar-refractivity contribution in [1.82, 2.24) is 10.2 Å². The first-order valence-corrected chi connectivity index (χ1v) is 7.40. The topological polar surface area (TPSA) is 58.6 Å². The van der Waals surface area contributed by atoms with Crippen LogP contribution in [0.5, 0.6) is 0 Å². The Morgan fingerprint density at radius 2 is 2.10 bits per heavy atom. The lowest BCUT2D eigenvalue weighted by Crippen LogP contribution is -2.47. The molecule has 1 atom stereocenters. The van der Waals surface area contributed by atoms with Crippen molar-refractivity contribution < 1.29 is 14.3 Å². The molecule has 5 nitrogen and oxygen atoms in total. The highest BCUT2D eigenvalue weighted by atomic mass is 16.5. The van der Waals surface area contributed by atoms with Gasteiger partial charge in [0.05, 0.1) is 13.2 Å². The van der Waals surface area contributed by atoms with Crippen molar-refractivity contribution in [3.8, 4) is 0 Å². The average Bonchev–Trinajstić information content (AvgIpc) is 3.14. The molecule has 1 unspecified atom stereocenters. The van der Waals surface area contributed by atoms with Crippen molar-refractivity contribution in [2.24, 2.45) is 5.92 Å². The van der Waals surface area contributed by atoms with E-state index >= 15 is 0 Å². The summed E-state index contributed by atoms with van der Waals surface area (Å²) in [6.45, 7) is 7.84. The number of hydrogen-bond donors (Lipinski definition) is 1. The normalized spacial score (nSPS) is 21.9. The van der Waals surface area contributed by atoms with Gasteiger partial charge in [-0.15, -0.1) is 0 Å². The van der Waals surface area contributed by atoms with Crippen molar-refractivity contribution in [2.45, 2.75) is 38.6 Å². The third kappa shape index (κ3) is 4.07. The molecule has 1 aliphatic carbocycles. The summed E-state index contributed by atoms with van der Waals surface area (Å²) in [4.78, 5) is 26.0. The number of rotatable bonds is 7. The number of carbonyl (C=O) groups is 2. The van der Waals surface area contributed by atoms with Crippen molar-refractivity contribution in [1.29, 1.82) is 0 Å². The maximum atomic E-state index is 12.1. The van der Waals surface area contributed by atoms with E-state index in [1.807, 2.05) is 6.92 Å². The van der Waals surface area contributed by atoms with Gasteiger partial charge in [-0.1, -0.05) is 12.2 Å². The van der Waals surface area contributed by atoms with E-state index in [4.69, 9.17) is 4.74 Å². The third-order valence-electron chi connectivity index (χ3n) is 3.66. The fourth-order valence-electron chi connectivity index (χ4n) is 2.48. The Hall–Kier alpha value is -1.36. The Morgan fingerprint density at radius 1 is 1.35 bits per heavy atom. The van der Waals surface area contributed by atoms with Gasteiger partial charge in [-0.05, 0) is 32.6 Å². The second-order valence-electron chi connectivity index (χ2n) is 5.76. The van der Waals surface area contributed by atoms with Crippen LogP contribution in [0.2, 0.25) is 0 Å². The van der Waals surface area contributed by atoms with Gasteiger partial charge in [0, 0.05) is 19.0 Å². The average molecular weight is 280 g/mol. The predicted molar refractivity (Wildman–Crippen MR) is 76.1 cm³/mol. The second kappa shape index (κ2) is 6.88. The summed E-state index contributed by atoms with van der Waals surface area (Å²) >= 11 is 0. The zero-order valence-electron chi connectivity index (χ0n) is 12.2. The molecule has 2 fully saturated rings. The summed E-state index contributed by atoms with van der Waals surface area (Å²) in [5.41, 5.74) is 0.966. The van der Waals surface area contributed by atoms with Gasteiger partial charge in [-0.25, -0.2) is 0 Å². The molecule has 0 aromatic rings. The summed E-state index contributed by atoms with van der Waals surface area (Å²) < 4.78 is 5.34. The number of nitrogens with zero attached hydrogens (tertiary/aromatic N) is 1. The lowest BCUT2D eigenvalue weighted by molar-refractivity contribution is -0.139.